The molecule has 3 aliphatic rings. The highest BCUT2D eigenvalue weighted by Gasteiger charge is 2.53. The lowest BCUT2D eigenvalue weighted by molar-refractivity contribution is -0.143. The quantitative estimate of drug-likeness (QED) is 0.842. The average Bonchev–Trinajstić information content (AvgIpc) is 3.23. The largest absolute Gasteiger partial charge is 0.342 e. The van der Waals surface area contributed by atoms with Gasteiger partial charge in [-0.25, -0.2) is 0 Å². The Labute approximate surface area is 121 Å². The van der Waals surface area contributed by atoms with Gasteiger partial charge >= 0.3 is 0 Å². The van der Waals surface area contributed by atoms with Crippen molar-refractivity contribution in [3.05, 3.63) is 0 Å². The minimum Gasteiger partial charge on any atom is -0.342 e. The lowest BCUT2D eigenvalue weighted by atomic mass is 9.89. The zero-order valence-corrected chi connectivity index (χ0v) is 12.7. The Morgan fingerprint density at radius 2 is 1.75 bits per heavy atom. The second-order valence-electron chi connectivity index (χ2n) is 7.08. The first-order valence-corrected chi connectivity index (χ1v) is 8.16. The normalized spacial score (nSPS) is 36.7. The SMILES string of the molecule is CC1CC(=O)NC(C)(C2CC2)C(=O)N1C1CCCCC1. The van der Waals surface area contributed by atoms with Gasteiger partial charge in [-0.05, 0) is 45.4 Å². The Hall–Kier alpha value is -1.06. The van der Waals surface area contributed by atoms with Crippen molar-refractivity contribution < 1.29 is 9.59 Å². The molecule has 0 aromatic carbocycles. The predicted octanol–water partition coefficient (Wildman–Crippen LogP) is 2.22. The van der Waals surface area contributed by atoms with Crippen molar-refractivity contribution in [3.8, 4) is 0 Å². The smallest absolute Gasteiger partial charge is 0.248 e. The Morgan fingerprint density at radius 1 is 1.10 bits per heavy atom. The van der Waals surface area contributed by atoms with E-state index in [0.29, 0.717) is 18.4 Å². The van der Waals surface area contributed by atoms with Crippen molar-refractivity contribution in [2.45, 2.75) is 82.8 Å². The minimum absolute atomic E-state index is 0.0335. The molecule has 0 radical (unpaired) electrons. The van der Waals surface area contributed by atoms with Crippen LogP contribution < -0.4 is 5.32 Å². The molecule has 4 heteroatoms. The van der Waals surface area contributed by atoms with Crippen LogP contribution in [0.3, 0.4) is 0 Å². The molecule has 20 heavy (non-hydrogen) atoms. The highest BCUT2D eigenvalue weighted by Crippen LogP contribution is 2.42. The third-order valence-corrected chi connectivity index (χ3v) is 5.40. The molecule has 1 aliphatic heterocycles. The van der Waals surface area contributed by atoms with Crippen LogP contribution in [0.4, 0.5) is 0 Å². The molecule has 2 atom stereocenters. The zero-order chi connectivity index (χ0) is 14.3. The third-order valence-electron chi connectivity index (χ3n) is 5.40. The van der Waals surface area contributed by atoms with Gasteiger partial charge in [-0.3, -0.25) is 9.59 Å². The van der Waals surface area contributed by atoms with Crippen LogP contribution in [-0.2, 0) is 9.59 Å². The molecule has 4 nitrogen and oxygen atoms in total. The van der Waals surface area contributed by atoms with Crippen molar-refractivity contribution in [2.24, 2.45) is 5.92 Å². The van der Waals surface area contributed by atoms with Crippen molar-refractivity contribution in [1.29, 1.82) is 0 Å². The fourth-order valence-corrected chi connectivity index (χ4v) is 4.05. The van der Waals surface area contributed by atoms with Crippen LogP contribution in [0.5, 0.6) is 0 Å². The fourth-order valence-electron chi connectivity index (χ4n) is 4.05. The summed E-state index contributed by atoms with van der Waals surface area (Å²) in [6.45, 7) is 3.98. The summed E-state index contributed by atoms with van der Waals surface area (Å²) in [7, 11) is 0. The van der Waals surface area contributed by atoms with E-state index < -0.39 is 5.54 Å². The third kappa shape index (κ3) is 2.33. The fraction of sp³-hybridized carbons (Fsp3) is 0.875. The van der Waals surface area contributed by atoms with Crippen LogP contribution in [0.1, 0.15) is 65.2 Å². The minimum atomic E-state index is -0.653. The van der Waals surface area contributed by atoms with Gasteiger partial charge in [-0.15, -0.1) is 0 Å². The van der Waals surface area contributed by atoms with E-state index in [9.17, 15) is 9.59 Å². The van der Waals surface area contributed by atoms with Gasteiger partial charge in [-0.1, -0.05) is 19.3 Å². The Balaban J connectivity index is 1.88. The van der Waals surface area contributed by atoms with Gasteiger partial charge in [0.15, 0.2) is 0 Å². The number of hydrogen-bond donors (Lipinski definition) is 1. The van der Waals surface area contributed by atoms with E-state index in [-0.39, 0.29) is 17.9 Å². The van der Waals surface area contributed by atoms with E-state index >= 15 is 0 Å². The molecule has 1 N–H and O–H groups in total. The molecule has 112 valence electrons. The number of nitrogens with zero attached hydrogens (tertiary/aromatic N) is 1. The van der Waals surface area contributed by atoms with Crippen molar-refractivity contribution in [2.75, 3.05) is 0 Å². The molecule has 3 fully saturated rings. The summed E-state index contributed by atoms with van der Waals surface area (Å²) < 4.78 is 0. The van der Waals surface area contributed by atoms with E-state index in [1.165, 1.54) is 19.3 Å². The summed E-state index contributed by atoms with van der Waals surface area (Å²) >= 11 is 0. The number of amides is 2. The summed E-state index contributed by atoms with van der Waals surface area (Å²) in [5.41, 5.74) is -0.653. The zero-order valence-electron chi connectivity index (χ0n) is 12.7. The van der Waals surface area contributed by atoms with Crippen molar-refractivity contribution in [3.63, 3.8) is 0 Å². The molecular formula is C16H26N2O2. The molecule has 2 saturated carbocycles. The summed E-state index contributed by atoms with van der Waals surface area (Å²) in [6.07, 6.45) is 8.49. The highest BCUT2D eigenvalue weighted by molar-refractivity contribution is 5.94. The van der Waals surface area contributed by atoms with Gasteiger partial charge in [0.25, 0.3) is 0 Å². The summed E-state index contributed by atoms with van der Waals surface area (Å²) in [4.78, 5) is 27.3. The molecule has 0 aromatic rings. The first-order chi connectivity index (χ1) is 9.52. The molecule has 2 amide bonds. The van der Waals surface area contributed by atoms with Crippen molar-refractivity contribution >= 4 is 11.8 Å². The van der Waals surface area contributed by atoms with E-state index in [0.717, 1.165) is 25.7 Å². The maximum atomic E-state index is 13.1. The van der Waals surface area contributed by atoms with Crippen LogP contribution in [0.2, 0.25) is 0 Å². The average molecular weight is 278 g/mol. The maximum absolute atomic E-state index is 13.1. The first kappa shape index (κ1) is 13.9. The molecule has 1 saturated heterocycles. The van der Waals surface area contributed by atoms with Crippen LogP contribution in [-0.4, -0.2) is 34.3 Å². The van der Waals surface area contributed by atoms with Crippen LogP contribution in [0, 0.1) is 5.92 Å². The van der Waals surface area contributed by atoms with E-state index in [1.54, 1.807) is 0 Å². The summed E-state index contributed by atoms with van der Waals surface area (Å²) in [5.74, 6) is 0.555. The Bertz CT molecular complexity index is 413. The van der Waals surface area contributed by atoms with E-state index in [1.807, 2.05) is 13.8 Å². The van der Waals surface area contributed by atoms with Gasteiger partial charge in [0.05, 0.1) is 0 Å². The maximum Gasteiger partial charge on any atom is 0.248 e. The molecule has 2 aliphatic carbocycles. The monoisotopic (exact) mass is 278 g/mol. The van der Waals surface area contributed by atoms with Gasteiger partial charge in [0, 0.05) is 18.5 Å². The van der Waals surface area contributed by atoms with Gasteiger partial charge in [0.1, 0.15) is 5.54 Å². The van der Waals surface area contributed by atoms with Gasteiger partial charge in [-0.2, -0.15) is 0 Å². The molecule has 0 aromatic heterocycles. The van der Waals surface area contributed by atoms with Crippen LogP contribution in [0.15, 0.2) is 0 Å². The van der Waals surface area contributed by atoms with Gasteiger partial charge < -0.3 is 10.2 Å². The number of carbonyl (C=O) groups is 2. The van der Waals surface area contributed by atoms with Crippen molar-refractivity contribution in [1.82, 2.24) is 10.2 Å². The van der Waals surface area contributed by atoms with Crippen LogP contribution >= 0.6 is 0 Å². The molecule has 0 spiro atoms. The molecule has 1 heterocycles. The first-order valence-electron chi connectivity index (χ1n) is 8.16. The predicted molar refractivity (Wildman–Crippen MR) is 77.1 cm³/mol. The number of carbonyl (C=O) groups excluding carboxylic acids is 2. The lowest BCUT2D eigenvalue weighted by Crippen LogP contribution is -2.59. The lowest BCUT2D eigenvalue weighted by Gasteiger charge is -2.41. The summed E-state index contributed by atoms with van der Waals surface area (Å²) in [5, 5.41) is 3.04. The topological polar surface area (TPSA) is 49.4 Å². The summed E-state index contributed by atoms with van der Waals surface area (Å²) in [6, 6.07) is 0.378. The molecular weight excluding hydrogens is 252 g/mol. The number of rotatable bonds is 2. The molecule has 2 unspecified atom stereocenters. The molecule has 0 bridgehead atoms. The van der Waals surface area contributed by atoms with E-state index in [4.69, 9.17) is 0 Å². The number of hydrogen-bond acceptors (Lipinski definition) is 2. The Kier molecular flexibility index (Phi) is 3.51. The Morgan fingerprint density at radius 3 is 2.35 bits per heavy atom. The molecule has 3 rings (SSSR count). The standard InChI is InChI=1S/C16H26N2O2/c1-11-10-14(19)17-16(2,12-8-9-12)15(20)18(11)13-6-4-3-5-7-13/h11-13H,3-10H2,1-2H3,(H,17,19). The van der Waals surface area contributed by atoms with Gasteiger partial charge in [0.2, 0.25) is 11.8 Å². The van der Waals surface area contributed by atoms with Crippen LogP contribution in [0.25, 0.3) is 0 Å². The second-order valence-corrected chi connectivity index (χ2v) is 7.08. The highest BCUT2D eigenvalue weighted by atomic mass is 16.2. The van der Waals surface area contributed by atoms with E-state index in [2.05, 4.69) is 10.2 Å². The second kappa shape index (κ2) is 5.05. The number of nitrogens with one attached hydrogen (secondary N) is 1.